The minimum absolute atomic E-state index is 1.03. The van der Waals surface area contributed by atoms with Crippen molar-refractivity contribution in [2.24, 2.45) is 7.05 Å². The Kier molecular flexibility index (Phi) is 2.74. The minimum atomic E-state index is 1.03. The van der Waals surface area contributed by atoms with Crippen LogP contribution in [0.25, 0.3) is 0 Å². The molecule has 0 saturated heterocycles. The van der Waals surface area contributed by atoms with Gasteiger partial charge in [-0.2, -0.15) is 0 Å². The molecule has 0 spiro atoms. The van der Waals surface area contributed by atoms with Gasteiger partial charge in [0.05, 0.1) is 6.20 Å². The zero-order valence-electron chi connectivity index (χ0n) is 8.33. The maximum atomic E-state index is 4.32. The molecule has 0 aliphatic heterocycles. The first-order chi connectivity index (χ1) is 5.66. The Morgan fingerprint density at radius 1 is 1.50 bits per heavy atom. The van der Waals surface area contributed by atoms with Crippen molar-refractivity contribution in [2.75, 3.05) is 19.0 Å². The number of imidazole rings is 1. The van der Waals surface area contributed by atoms with Gasteiger partial charge in [-0.25, -0.2) is 4.98 Å². The lowest BCUT2D eigenvalue weighted by atomic mass is 10.3. The highest BCUT2D eigenvalue weighted by Gasteiger charge is 2.05. The summed E-state index contributed by atoms with van der Waals surface area (Å²) < 4.78 is 2.14. The summed E-state index contributed by atoms with van der Waals surface area (Å²) in [6.45, 7) is 2.18. The summed E-state index contributed by atoms with van der Waals surface area (Å²) >= 11 is 0. The van der Waals surface area contributed by atoms with Gasteiger partial charge in [0.15, 0.2) is 0 Å². The molecule has 0 aliphatic carbocycles. The van der Waals surface area contributed by atoms with E-state index in [0.717, 1.165) is 12.4 Å². The monoisotopic (exact) mass is 167 g/mol. The summed E-state index contributed by atoms with van der Waals surface area (Å²) in [5.41, 5.74) is 1.31. The van der Waals surface area contributed by atoms with Crippen LogP contribution in [-0.4, -0.2) is 23.6 Å². The normalized spacial score (nSPS) is 10.3. The molecule has 0 radical (unpaired) electrons. The van der Waals surface area contributed by atoms with Gasteiger partial charge in [0.2, 0.25) is 5.95 Å². The average Bonchev–Trinajstić information content (AvgIpc) is 2.34. The van der Waals surface area contributed by atoms with Gasteiger partial charge in [-0.05, 0) is 6.42 Å². The second-order valence-corrected chi connectivity index (χ2v) is 3.25. The van der Waals surface area contributed by atoms with Crippen LogP contribution in [0.3, 0.4) is 0 Å². The van der Waals surface area contributed by atoms with Crippen LogP contribution in [-0.2, 0) is 13.5 Å². The van der Waals surface area contributed by atoms with Gasteiger partial charge >= 0.3 is 0 Å². The van der Waals surface area contributed by atoms with Crippen molar-refractivity contribution in [3.8, 4) is 0 Å². The van der Waals surface area contributed by atoms with Crippen molar-refractivity contribution < 1.29 is 0 Å². The summed E-state index contributed by atoms with van der Waals surface area (Å²) in [6.07, 6.45) is 4.24. The Morgan fingerprint density at radius 3 is 2.58 bits per heavy atom. The lowest BCUT2D eigenvalue weighted by molar-refractivity contribution is 0.774. The molecule has 68 valence electrons. The van der Waals surface area contributed by atoms with Crippen LogP contribution < -0.4 is 4.90 Å². The third-order valence-electron chi connectivity index (χ3n) is 1.97. The molecule has 0 saturated carbocycles. The SMILES string of the molecule is CCCc1cnc(N(C)C)n1C. The van der Waals surface area contributed by atoms with Gasteiger partial charge in [-0.3, -0.25) is 0 Å². The van der Waals surface area contributed by atoms with Crippen LogP contribution >= 0.6 is 0 Å². The fourth-order valence-electron chi connectivity index (χ4n) is 1.34. The highest BCUT2D eigenvalue weighted by molar-refractivity contribution is 5.30. The summed E-state index contributed by atoms with van der Waals surface area (Å²) in [5, 5.41) is 0. The highest BCUT2D eigenvalue weighted by atomic mass is 15.3. The third kappa shape index (κ3) is 1.60. The van der Waals surface area contributed by atoms with Gasteiger partial charge in [-0.1, -0.05) is 13.3 Å². The fourth-order valence-corrected chi connectivity index (χ4v) is 1.34. The average molecular weight is 167 g/mol. The van der Waals surface area contributed by atoms with Crippen LogP contribution in [0.2, 0.25) is 0 Å². The van der Waals surface area contributed by atoms with Crippen LogP contribution in [0.4, 0.5) is 5.95 Å². The van der Waals surface area contributed by atoms with E-state index in [2.05, 4.69) is 23.5 Å². The lowest BCUT2D eigenvalue weighted by Crippen LogP contribution is -2.14. The van der Waals surface area contributed by atoms with Gasteiger partial charge in [-0.15, -0.1) is 0 Å². The molecule has 1 aromatic rings. The number of hydrogen-bond donors (Lipinski definition) is 0. The summed E-state index contributed by atoms with van der Waals surface area (Å²) in [4.78, 5) is 6.35. The quantitative estimate of drug-likeness (QED) is 0.679. The molecular weight excluding hydrogens is 150 g/mol. The molecule has 0 N–H and O–H groups in total. The van der Waals surface area contributed by atoms with E-state index in [1.165, 1.54) is 12.1 Å². The topological polar surface area (TPSA) is 21.1 Å². The molecular formula is C9H17N3. The standard InChI is InChI=1S/C9H17N3/c1-5-6-8-7-10-9(11(2)3)12(8)4/h7H,5-6H2,1-4H3. The van der Waals surface area contributed by atoms with Crippen molar-refractivity contribution in [3.05, 3.63) is 11.9 Å². The first-order valence-electron chi connectivity index (χ1n) is 4.34. The molecule has 3 nitrogen and oxygen atoms in total. The number of anilines is 1. The Bertz CT molecular complexity index is 250. The van der Waals surface area contributed by atoms with Crippen LogP contribution in [0.1, 0.15) is 19.0 Å². The zero-order chi connectivity index (χ0) is 9.14. The first-order valence-corrected chi connectivity index (χ1v) is 4.34. The fraction of sp³-hybridized carbons (Fsp3) is 0.667. The van der Waals surface area contributed by atoms with Crippen molar-refractivity contribution in [1.82, 2.24) is 9.55 Å². The Labute approximate surface area is 74.0 Å². The molecule has 0 aliphatic rings. The summed E-state index contributed by atoms with van der Waals surface area (Å²) in [6, 6.07) is 0. The van der Waals surface area contributed by atoms with Gasteiger partial charge in [0.1, 0.15) is 0 Å². The lowest BCUT2D eigenvalue weighted by Gasteiger charge is -2.12. The largest absolute Gasteiger partial charge is 0.348 e. The molecule has 0 atom stereocenters. The van der Waals surface area contributed by atoms with E-state index in [1.807, 2.05) is 25.2 Å². The molecule has 1 aromatic heterocycles. The molecule has 0 fully saturated rings. The molecule has 1 rings (SSSR count). The van der Waals surface area contributed by atoms with E-state index in [9.17, 15) is 0 Å². The Balaban J connectivity index is 2.88. The van der Waals surface area contributed by atoms with Crippen molar-refractivity contribution in [1.29, 1.82) is 0 Å². The van der Waals surface area contributed by atoms with Gasteiger partial charge < -0.3 is 9.47 Å². The predicted octanol–water partition coefficient (Wildman–Crippen LogP) is 1.44. The molecule has 1 heterocycles. The van der Waals surface area contributed by atoms with Gasteiger partial charge in [0, 0.05) is 26.8 Å². The van der Waals surface area contributed by atoms with E-state index in [1.54, 1.807) is 0 Å². The van der Waals surface area contributed by atoms with Crippen molar-refractivity contribution in [2.45, 2.75) is 19.8 Å². The number of nitrogens with zero attached hydrogens (tertiary/aromatic N) is 3. The number of rotatable bonds is 3. The maximum absolute atomic E-state index is 4.32. The van der Waals surface area contributed by atoms with E-state index in [0.29, 0.717) is 0 Å². The highest BCUT2D eigenvalue weighted by Crippen LogP contribution is 2.11. The maximum Gasteiger partial charge on any atom is 0.204 e. The van der Waals surface area contributed by atoms with Crippen molar-refractivity contribution >= 4 is 5.95 Å². The van der Waals surface area contributed by atoms with Gasteiger partial charge in [0.25, 0.3) is 0 Å². The zero-order valence-corrected chi connectivity index (χ0v) is 8.33. The molecule has 0 unspecified atom stereocenters. The number of hydrogen-bond acceptors (Lipinski definition) is 2. The molecule has 0 amide bonds. The first kappa shape index (κ1) is 9.10. The molecule has 3 heteroatoms. The molecule has 0 aromatic carbocycles. The second kappa shape index (κ2) is 3.61. The molecule has 12 heavy (non-hydrogen) atoms. The van der Waals surface area contributed by atoms with Crippen molar-refractivity contribution in [3.63, 3.8) is 0 Å². The number of aromatic nitrogens is 2. The smallest absolute Gasteiger partial charge is 0.204 e. The summed E-state index contributed by atoms with van der Waals surface area (Å²) in [7, 11) is 6.09. The predicted molar refractivity (Wildman–Crippen MR) is 51.5 cm³/mol. The van der Waals surface area contributed by atoms with E-state index in [-0.39, 0.29) is 0 Å². The Hall–Kier alpha value is -0.990. The van der Waals surface area contributed by atoms with Crippen LogP contribution in [0.15, 0.2) is 6.20 Å². The summed E-state index contributed by atoms with van der Waals surface area (Å²) in [5.74, 6) is 1.03. The Morgan fingerprint density at radius 2 is 2.17 bits per heavy atom. The third-order valence-corrected chi connectivity index (χ3v) is 1.97. The minimum Gasteiger partial charge on any atom is -0.348 e. The van der Waals surface area contributed by atoms with E-state index in [4.69, 9.17) is 0 Å². The molecule has 0 bridgehead atoms. The number of aryl methyl sites for hydroxylation is 1. The second-order valence-electron chi connectivity index (χ2n) is 3.25. The van der Waals surface area contributed by atoms with Crippen LogP contribution in [0, 0.1) is 0 Å². The van der Waals surface area contributed by atoms with E-state index >= 15 is 0 Å². The van der Waals surface area contributed by atoms with E-state index < -0.39 is 0 Å². The van der Waals surface area contributed by atoms with Crippen LogP contribution in [0.5, 0.6) is 0 Å².